The molecule has 114 valence electrons. The Hall–Kier alpha value is -1.14. The van der Waals surface area contributed by atoms with Crippen LogP contribution in [0.25, 0.3) is 0 Å². The second-order valence-corrected chi connectivity index (χ2v) is 7.79. The van der Waals surface area contributed by atoms with Crippen LogP contribution in [0.3, 0.4) is 0 Å². The zero-order chi connectivity index (χ0) is 15.1. The minimum atomic E-state index is -0.962. The SMILES string of the molecule is O=C(CCCC[C@H]1CCSS1)Nc1ccc(C(=O)O)cc1. The maximum atomic E-state index is 11.8. The van der Waals surface area contributed by atoms with Gasteiger partial charge < -0.3 is 10.4 Å². The van der Waals surface area contributed by atoms with Gasteiger partial charge in [0.1, 0.15) is 0 Å². The summed E-state index contributed by atoms with van der Waals surface area (Å²) in [6.45, 7) is 0. The van der Waals surface area contributed by atoms with E-state index in [0.717, 1.165) is 18.1 Å². The van der Waals surface area contributed by atoms with Gasteiger partial charge in [-0.15, -0.1) is 0 Å². The Morgan fingerprint density at radius 1 is 1.24 bits per heavy atom. The van der Waals surface area contributed by atoms with E-state index in [4.69, 9.17) is 5.11 Å². The van der Waals surface area contributed by atoms with Gasteiger partial charge in [-0.25, -0.2) is 4.79 Å². The molecule has 1 heterocycles. The highest BCUT2D eigenvalue weighted by Crippen LogP contribution is 2.39. The molecule has 0 unspecified atom stereocenters. The maximum absolute atomic E-state index is 11.8. The minimum absolute atomic E-state index is 0.00785. The van der Waals surface area contributed by atoms with Crippen molar-refractivity contribution in [3.8, 4) is 0 Å². The van der Waals surface area contributed by atoms with Crippen LogP contribution in [0.2, 0.25) is 0 Å². The van der Waals surface area contributed by atoms with Crippen LogP contribution in [0.15, 0.2) is 24.3 Å². The first kappa shape index (κ1) is 16.2. The molecule has 1 saturated heterocycles. The molecule has 2 rings (SSSR count). The van der Waals surface area contributed by atoms with E-state index in [2.05, 4.69) is 5.32 Å². The summed E-state index contributed by atoms with van der Waals surface area (Å²) >= 11 is 0. The molecular weight excluding hydrogens is 306 g/mol. The highest BCUT2D eigenvalue weighted by Gasteiger charge is 2.15. The largest absolute Gasteiger partial charge is 0.478 e. The van der Waals surface area contributed by atoms with Gasteiger partial charge in [0.15, 0.2) is 0 Å². The lowest BCUT2D eigenvalue weighted by Gasteiger charge is -2.07. The van der Waals surface area contributed by atoms with Crippen LogP contribution in [0.1, 0.15) is 42.5 Å². The molecule has 0 spiro atoms. The first-order valence-electron chi connectivity index (χ1n) is 7.06. The molecule has 1 atom stereocenters. The zero-order valence-electron chi connectivity index (χ0n) is 11.7. The number of carboxylic acids is 1. The topological polar surface area (TPSA) is 66.4 Å². The molecule has 0 radical (unpaired) electrons. The average molecular weight is 325 g/mol. The lowest BCUT2D eigenvalue weighted by atomic mass is 10.1. The van der Waals surface area contributed by atoms with Gasteiger partial charge in [0.2, 0.25) is 5.91 Å². The number of nitrogens with one attached hydrogen (secondary N) is 1. The number of carbonyl (C=O) groups is 2. The lowest BCUT2D eigenvalue weighted by Crippen LogP contribution is -2.11. The molecule has 0 aliphatic carbocycles. The zero-order valence-corrected chi connectivity index (χ0v) is 13.3. The van der Waals surface area contributed by atoms with Crippen molar-refractivity contribution in [2.75, 3.05) is 11.1 Å². The molecule has 6 heteroatoms. The molecule has 2 N–H and O–H groups in total. The minimum Gasteiger partial charge on any atom is -0.478 e. The Bertz CT molecular complexity index is 484. The normalized spacial score (nSPS) is 17.6. The predicted octanol–water partition coefficient (Wildman–Crippen LogP) is 4.04. The van der Waals surface area contributed by atoms with E-state index < -0.39 is 5.97 Å². The van der Waals surface area contributed by atoms with E-state index in [1.807, 2.05) is 21.6 Å². The van der Waals surface area contributed by atoms with E-state index in [1.165, 1.54) is 30.7 Å². The van der Waals surface area contributed by atoms with Gasteiger partial charge in [-0.1, -0.05) is 28.0 Å². The number of benzene rings is 1. The lowest BCUT2D eigenvalue weighted by molar-refractivity contribution is -0.116. The summed E-state index contributed by atoms with van der Waals surface area (Å²) in [5, 5.41) is 12.4. The monoisotopic (exact) mass is 325 g/mol. The average Bonchev–Trinajstić information content (AvgIpc) is 2.97. The van der Waals surface area contributed by atoms with Crippen molar-refractivity contribution >= 4 is 39.2 Å². The van der Waals surface area contributed by atoms with Gasteiger partial charge in [0.25, 0.3) is 0 Å². The molecule has 1 aliphatic rings. The van der Waals surface area contributed by atoms with Crippen molar-refractivity contribution in [2.45, 2.75) is 37.4 Å². The predicted molar refractivity (Wildman–Crippen MR) is 89.0 cm³/mol. The summed E-state index contributed by atoms with van der Waals surface area (Å²) in [7, 11) is 3.92. The van der Waals surface area contributed by atoms with Crippen LogP contribution in [-0.2, 0) is 4.79 Å². The summed E-state index contributed by atoms with van der Waals surface area (Å²) < 4.78 is 0. The second kappa shape index (κ2) is 8.34. The molecule has 0 bridgehead atoms. The number of unbranched alkanes of at least 4 members (excludes halogenated alkanes) is 1. The number of carboxylic acid groups (broad SMARTS) is 1. The highest BCUT2D eigenvalue weighted by atomic mass is 33.1. The molecule has 1 aromatic carbocycles. The standard InChI is InChI=1S/C15H19NO3S2/c17-14(4-2-1-3-13-9-10-20-21-13)16-12-7-5-11(6-8-12)15(18)19/h5-8,13H,1-4,9-10H2,(H,16,17)(H,18,19)/t13-/m0/s1. The van der Waals surface area contributed by atoms with Gasteiger partial charge in [-0.05, 0) is 43.5 Å². The number of hydrogen-bond donors (Lipinski definition) is 2. The molecule has 1 aromatic rings. The van der Waals surface area contributed by atoms with Gasteiger partial charge in [0.05, 0.1) is 5.56 Å². The summed E-state index contributed by atoms with van der Waals surface area (Å²) in [5.74, 6) is 0.282. The Kier molecular flexibility index (Phi) is 6.45. The van der Waals surface area contributed by atoms with E-state index in [0.29, 0.717) is 12.1 Å². The van der Waals surface area contributed by atoms with Crippen LogP contribution in [-0.4, -0.2) is 28.0 Å². The van der Waals surface area contributed by atoms with E-state index >= 15 is 0 Å². The number of anilines is 1. The third-order valence-corrected chi connectivity index (χ3v) is 6.33. The highest BCUT2D eigenvalue weighted by molar-refractivity contribution is 8.77. The summed E-state index contributed by atoms with van der Waals surface area (Å²) in [4.78, 5) is 22.5. The van der Waals surface area contributed by atoms with Crippen LogP contribution in [0.4, 0.5) is 5.69 Å². The molecule has 1 aliphatic heterocycles. The van der Waals surface area contributed by atoms with Gasteiger partial charge >= 0.3 is 5.97 Å². The Morgan fingerprint density at radius 2 is 2.00 bits per heavy atom. The number of rotatable bonds is 7. The van der Waals surface area contributed by atoms with Crippen molar-refractivity contribution in [1.29, 1.82) is 0 Å². The molecule has 0 aromatic heterocycles. The Labute approximate surface area is 132 Å². The Balaban J connectivity index is 1.65. The molecule has 0 saturated carbocycles. The van der Waals surface area contributed by atoms with Gasteiger partial charge in [-0.2, -0.15) is 0 Å². The fourth-order valence-electron chi connectivity index (χ4n) is 2.14. The van der Waals surface area contributed by atoms with Crippen molar-refractivity contribution < 1.29 is 14.7 Å². The number of aromatic carboxylic acids is 1. The van der Waals surface area contributed by atoms with Crippen LogP contribution in [0, 0.1) is 0 Å². The summed E-state index contributed by atoms with van der Waals surface area (Å²) in [5.41, 5.74) is 0.868. The number of carbonyl (C=O) groups excluding carboxylic acids is 1. The van der Waals surface area contributed by atoms with Crippen molar-refractivity contribution in [1.82, 2.24) is 0 Å². The summed E-state index contributed by atoms with van der Waals surface area (Å²) in [6, 6.07) is 6.22. The molecule has 1 amide bonds. The van der Waals surface area contributed by atoms with Gasteiger partial charge in [-0.3, -0.25) is 4.79 Å². The van der Waals surface area contributed by atoms with Crippen LogP contribution in [0.5, 0.6) is 0 Å². The third kappa shape index (κ3) is 5.63. The molecule has 4 nitrogen and oxygen atoms in total. The third-order valence-electron chi connectivity index (χ3n) is 3.32. The van der Waals surface area contributed by atoms with Crippen LogP contribution < -0.4 is 5.32 Å². The van der Waals surface area contributed by atoms with E-state index in [9.17, 15) is 9.59 Å². The van der Waals surface area contributed by atoms with Crippen molar-refractivity contribution in [3.63, 3.8) is 0 Å². The second-order valence-electron chi connectivity index (χ2n) is 5.01. The fraction of sp³-hybridized carbons (Fsp3) is 0.467. The van der Waals surface area contributed by atoms with Crippen molar-refractivity contribution in [3.05, 3.63) is 29.8 Å². The smallest absolute Gasteiger partial charge is 0.335 e. The number of amides is 1. The first-order valence-corrected chi connectivity index (χ1v) is 9.45. The maximum Gasteiger partial charge on any atom is 0.335 e. The fourth-order valence-corrected chi connectivity index (χ4v) is 5.17. The van der Waals surface area contributed by atoms with Crippen molar-refractivity contribution in [2.24, 2.45) is 0 Å². The molecule has 21 heavy (non-hydrogen) atoms. The molecule has 1 fully saturated rings. The molecular formula is C15H19NO3S2. The Morgan fingerprint density at radius 3 is 2.62 bits per heavy atom. The quantitative estimate of drug-likeness (QED) is 0.585. The van der Waals surface area contributed by atoms with Crippen LogP contribution >= 0.6 is 21.6 Å². The van der Waals surface area contributed by atoms with E-state index in [-0.39, 0.29) is 11.5 Å². The van der Waals surface area contributed by atoms with E-state index in [1.54, 1.807) is 12.1 Å². The van der Waals surface area contributed by atoms with Gasteiger partial charge in [0, 0.05) is 23.1 Å². The summed E-state index contributed by atoms with van der Waals surface area (Å²) in [6.07, 6.45) is 4.99. The number of hydrogen-bond acceptors (Lipinski definition) is 4. The first-order chi connectivity index (χ1) is 10.1.